The lowest BCUT2D eigenvalue weighted by Gasteiger charge is -2.08. The number of aryl methyl sites for hydroxylation is 1. The highest BCUT2D eigenvalue weighted by Crippen LogP contribution is 2.30. The molecule has 0 saturated heterocycles. The molecule has 1 heterocycles. The molecule has 0 radical (unpaired) electrons. The third-order valence-electron chi connectivity index (χ3n) is 2.86. The topological polar surface area (TPSA) is 77.3 Å². The normalized spacial score (nSPS) is 10.1. The Hall–Kier alpha value is -2.63. The van der Waals surface area contributed by atoms with Gasteiger partial charge in [0.1, 0.15) is 6.61 Å². The summed E-state index contributed by atoms with van der Waals surface area (Å²) in [7, 11) is 1.81. The third kappa shape index (κ3) is 3.03. The molecule has 6 nitrogen and oxygen atoms in total. The van der Waals surface area contributed by atoms with E-state index in [1.54, 1.807) is 31.3 Å². The van der Waals surface area contributed by atoms with Crippen LogP contribution in [-0.4, -0.2) is 17.0 Å². The van der Waals surface area contributed by atoms with Crippen molar-refractivity contribution in [2.45, 2.75) is 13.5 Å². The second kappa shape index (κ2) is 6.01. The van der Waals surface area contributed by atoms with Gasteiger partial charge in [0.2, 0.25) is 0 Å². The predicted molar refractivity (Wildman–Crippen MR) is 75.9 cm³/mol. The average molecular weight is 273 g/mol. The molecule has 1 aromatic heterocycles. The minimum absolute atomic E-state index is 0.00253. The van der Waals surface area contributed by atoms with Crippen LogP contribution in [0.15, 0.2) is 36.5 Å². The molecule has 6 heteroatoms. The number of para-hydroxylation sites is 1. The molecule has 0 bridgehead atoms. The van der Waals surface area contributed by atoms with Gasteiger partial charge in [-0.05, 0) is 25.1 Å². The maximum absolute atomic E-state index is 11.1. The molecule has 0 amide bonds. The van der Waals surface area contributed by atoms with E-state index in [4.69, 9.17) is 4.74 Å². The number of nitrogens with one attached hydrogen (secondary N) is 1. The number of benzene rings is 1. The van der Waals surface area contributed by atoms with E-state index in [2.05, 4.69) is 10.3 Å². The molecular weight excluding hydrogens is 258 g/mol. The minimum Gasteiger partial charge on any atom is -0.480 e. The molecule has 20 heavy (non-hydrogen) atoms. The lowest BCUT2D eigenvalue weighted by Crippen LogP contribution is -2.02. The van der Waals surface area contributed by atoms with E-state index in [0.29, 0.717) is 11.3 Å². The first-order valence-corrected chi connectivity index (χ1v) is 6.11. The van der Waals surface area contributed by atoms with Crippen LogP contribution in [0.4, 0.5) is 11.4 Å². The first-order valence-electron chi connectivity index (χ1n) is 6.11. The number of hydrogen-bond donors (Lipinski definition) is 1. The van der Waals surface area contributed by atoms with E-state index >= 15 is 0 Å². The van der Waals surface area contributed by atoms with Gasteiger partial charge in [-0.25, -0.2) is 0 Å². The highest BCUT2D eigenvalue weighted by atomic mass is 16.6. The summed E-state index contributed by atoms with van der Waals surface area (Å²) in [6.45, 7) is 1.87. The number of anilines is 1. The summed E-state index contributed by atoms with van der Waals surface area (Å²) in [5.74, 6) is 0.256. The van der Waals surface area contributed by atoms with Crippen molar-refractivity contribution in [1.29, 1.82) is 0 Å². The Morgan fingerprint density at radius 3 is 2.90 bits per heavy atom. The Morgan fingerprint density at radius 1 is 1.40 bits per heavy atom. The van der Waals surface area contributed by atoms with E-state index < -0.39 is 4.92 Å². The van der Waals surface area contributed by atoms with Gasteiger partial charge >= 0.3 is 5.69 Å². The standard InChI is InChI=1S/C14H15N3O3/c1-10-4-3-5-13(14(10)17(18)19)20-9-12-8-11(15-2)6-7-16-12/h3-8H,9H2,1-2H3,(H,15,16). The van der Waals surface area contributed by atoms with E-state index in [-0.39, 0.29) is 18.0 Å². The Labute approximate surface area is 116 Å². The Morgan fingerprint density at radius 2 is 2.20 bits per heavy atom. The largest absolute Gasteiger partial charge is 0.480 e. The molecule has 0 aliphatic rings. The first kappa shape index (κ1) is 13.8. The SMILES string of the molecule is CNc1ccnc(COc2cccc(C)c2[N+](=O)[O-])c1. The molecule has 0 fully saturated rings. The molecule has 0 aliphatic heterocycles. The maximum Gasteiger partial charge on any atom is 0.313 e. The van der Waals surface area contributed by atoms with Gasteiger partial charge in [-0.2, -0.15) is 0 Å². The van der Waals surface area contributed by atoms with Crippen LogP contribution in [-0.2, 0) is 6.61 Å². The van der Waals surface area contributed by atoms with Crippen molar-refractivity contribution in [3.8, 4) is 5.75 Å². The summed E-state index contributed by atoms with van der Waals surface area (Å²) in [5, 5.41) is 14.1. The Bertz CT molecular complexity index is 629. The van der Waals surface area contributed by atoms with Crippen LogP contribution in [0.2, 0.25) is 0 Å². The smallest absolute Gasteiger partial charge is 0.313 e. The molecule has 1 aromatic carbocycles. The van der Waals surface area contributed by atoms with Gasteiger partial charge in [-0.1, -0.05) is 12.1 Å². The number of nitro benzene ring substituents is 1. The van der Waals surface area contributed by atoms with Gasteiger partial charge in [-0.3, -0.25) is 15.1 Å². The summed E-state index contributed by atoms with van der Waals surface area (Å²) in [5.41, 5.74) is 2.19. The van der Waals surface area contributed by atoms with Crippen LogP contribution in [0, 0.1) is 17.0 Å². The molecule has 1 N–H and O–H groups in total. The summed E-state index contributed by atoms with van der Waals surface area (Å²) in [4.78, 5) is 14.8. The fraction of sp³-hybridized carbons (Fsp3) is 0.214. The van der Waals surface area contributed by atoms with Gasteiger partial charge in [0.15, 0.2) is 5.75 Å². The van der Waals surface area contributed by atoms with Crippen LogP contribution in [0.1, 0.15) is 11.3 Å². The van der Waals surface area contributed by atoms with Crippen LogP contribution in [0.3, 0.4) is 0 Å². The van der Waals surface area contributed by atoms with Gasteiger partial charge in [0, 0.05) is 24.5 Å². The molecule has 0 aliphatic carbocycles. The summed E-state index contributed by atoms with van der Waals surface area (Å²) >= 11 is 0. The molecule has 0 atom stereocenters. The molecule has 0 spiro atoms. The van der Waals surface area contributed by atoms with Gasteiger partial charge < -0.3 is 10.1 Å². The van der Waals surface area contributed by atoms with Crippen molar-refractivity contribution < 1.29 is 9.66 Å². The van der Waals surface area contributed by atoms with Crippen LogP contribution in [0.25, 0.3) is 0 Å². The Kier molecular flexibility index (Phi) is 4.14. The predicted octanol–water partition coefficient (Wildman–Crippen LogP) is 2.92. The number of nitrogens with zero attached hydrogens (tertiary/aromatic N) is 2. The van der Waals surface area contributed by atoms with Crippen LogP contribution in [0.5, 0.6) is 5.75 Å². The molecular formula is C14H15N3O3. The van der Waals surface area contributed by atoms with E-state index in [1.807, 2.05) is 19.2 Å². The number of rotatable bonds is 5. The van der Waals surface area contributed by atoms with Crippen molar-refractivity contribution in [2.24, 2.45) is 0 Å². The fourth-order valence-electron chi connectivity index (χ4n) is 1.85. The lowest BCUT2D eigenvalue weighted by atomic mass is 10.2. The molecule has 104 valence electrons. The van der Waals surface area contributed by atoms with E-state index in [1.165, 1.54) is 0 Å². The summed E-state index contributed by atoms with van der Waals surface area (Å²) < 4.78 is 5.53. The van der Waals surface area contributed by atoms with Crippen molar-refractivity contribution in [1.82, 2.24) is 4.98 Å². The van der Waals surface area contributed by atoms with Crippen LogP contribution >= 0.6 is 0 Å². The molecule has 0 unspecified atom stereocenters. The third-order valence-corrected chi connectivity index (χ3v) is 2.86. The van der Waals surface area contributed by atoms with Crippen LogP contribution < -0.4 is 10.1 Å². The summed E-state index contributed by atoms with van der Waals surface area (Å²) in [6, 6.07) is 8.67. The molecule has 2 aromatic rings. The highest BCUT2D eigenvalue weighted by molar-refractivity contribution is 5.52. The van der Waals surface area contributed by atoms with Crippen molar-refractivity contribution >= 4 is 11.4 Å². The number of pyridine rings is 1. The highest BCUT2D eigenvalue weighted by Gasteiger charge is 2.18. The van der Waals surface area contributed by atoms with E-state index in [9.17, 15) is 10.1 Å². The second-order valence-electron chi connectivity index (χ2n) is 4.25. The zero-order valence-electron chi connectivity index (χ0n) is 11.3. The zero-order chi connectivity index (χ0) is 14.5. The monoisotopic (exact) mass is 273 g/mol. The lowest BCUT2D eigenvalue weighted by molar-refractivity contribution is -0.386. The zero-order valence-corrected chi connectivity index (χ0v) is 11.3. The van der Waals surface area contributed by atoms with Gasteiger partial charge in [-0.15, -0.1) is 0 Å². The van der Waals surface area contributed by atoms with Crippen molar-refractivity contribution in [3.63, 3.8) is 0 Å². The quantitative estimate of drug-likeness (QED) is 0.669. The van der Waals surface area contributed by atoms with Crippen molar-refractivity contribution in [2.75, 3.05) is 12.4 Å². The molecule has 0 saturated carbocycles. The molecule has 2 rings (SSSR count). The fourth-order valence-corrected chi connectivity index (χ4v) is 1.85. The summed E-state index contributed by atoms with van der Waals surface area (Å²) in [6.07, 6.45) is 1.66. The van der Waals surface area contributed by atoms with Gasteiger partial charge in [0.05, 0.1) is 10.6 Å². The van der Waals surface area contributed by atoms with Gasteiger partial charge in [0.25, 0.3) is 0 Å². The Balaban J connectivity index is 2.18. The number of ether oxygens (including phenoxy) is 1. The van der Waals surface area contributed by atoms with Crippen molar-refractivity contribution in [3.05, 3.63) is 57.9 Å². The number of nitro groups is 1. The number of aromatic nitrogens is 1. The average Bonchev–Trinajstić information content (AvgIpc) is 2.45. The first-order chi connectivity index (χ1) is 9.61. The minimum atomic E-state index is -0.428. The number of hydrogen-bond acceptors (Lipinski definition) is 5. The second-order valence-corrected chi connectivity index (χ2v) is 4.25. The van der Waals surface area contributed by atoms with E-state index in [0.717, 1.165) is 5.69 Å². The maximum atomic E-state index is 11.1.